The molecule has 166 valence electrons. The third kappa shape index (κ3) is 4.35. The summed E-state index contributed by atoms with van der Waals surface area (Å²) in [5, 5.41) is 9.59. The fourth-order valence-corrected chi connectivity index (χ4v) is 3.86. The predicted octanol–water partition coefficient (Wildman–Crippen LogP) is 2.68. The van der Waals surface area contributed by atoms with Crippen molar-refractivity contribution in [1.29, 1.82) is 0 Å². The molecular weight excluding hydrogens is 410 g/mol. The van der Waals surface area contributed by atoms with Gasteiger partial charge in [-0.1, -0.05) is 0 Å². The van der Waals surface area contributed by atoms with Crippen LogP contribution in [-0.2, 0) is 18.2 Å². The Morgan fingerprint density at radius 2 is 1.81 bits per heavy atom. The maximum Gasteiger partial charge on any atom is 0.323 e. The Balaban J connectivity index is 1.35. The fraction of sp³-hybridized carbons (Fsp3) is 0.364. The van der Waals surface area contributed by atoms with E-state index in [0.717, 1.165) is 42.9 Å². The van der Waals surface area contributed by atoms with Crippen LogP contribution in [0.2, 0.25) is 0 Å². The Morgan fingerprint density at radius 3 is 2.56 bits per heavy atom. The van der Waals surface area contributed by atoms with Crippen LogP contribution in [0.5, 0.6) is 5.88 Å². The molecule has 2 aliphatic rings. The number of ether oxygens (including phenoxy) is 2. The van der Waals surface area contributed by atoms with Crippen molar-refractivity contribution >= 4 is 23.2 Å². The molecule has 1 fully saturated rings. The van der Waals surface area contributed by atoms with Crippen molar-refractivity contribution in [2.45, 2.75) is 12.8 Å². The van der Waals surface area contributed by atoms with Gasteiger partial charge in [-0.2, -0.15) is 10.1 Å². The monoisotopic (exact) mass is 435 g/mol. The molecule has 4 heterocycles. The molecule has 2 amide bonds. The molecule has 3 aromatic rings. The van der Waals surface area contributed by atoms with E-state index in [-0.39, 0.29) is 6.03 Å². The average Bonchev–Trinajstić information content (AvgIpc) is 3.23. The highest BCUT2D eigenvalue weighted by atomic mass is 16.5. The molecule has 0 bridgehead atoms. The van der Waals surface area contributed by atoms with E-state index in [9.17, 15) is 4.79 Å². The van der Waals surface area contributed by atoms with Crippen LogP contribution >= 0.6 is 0 Å². The van der Waals surface area contributed by atoms with Gasteiger partial charge in [0.25, 0.3) is 0 Å². The molecule has 2 aliphatic heterocycles. The normalized spacial score (nSPS) is 15.6. The van der Waals surface area contributed by atoms with Gasteiger partial charge >= 0.3 is 6.03 Å². The number of carbonyl (C=O) groups excluding carboxylic acids is 1. The number of hydrogen-bond acceptors (Lipinski definition) is 7. The Hall–Kier alpha value is -3.66. The van der Waals surface area contributed by atoms with Crippen molar-refractivity contribution in [2.24, 2.45) is 7.05 Å². The number of nitrogens with one attached hydrogen (secondary N) is 2. The number of aryl methyl sites for hydroxylation is 1. The molecule has 2 aromatic heterocycles. The SMILES string of the molecule is Cn1cc(NC(=O)Nc2ccc(-c3nc4c(c(N5CCOCC5)n3)CCCO4)cc2)cn1. The van der Waals surface area contributed by atoms with Crippen molar-refractivity contribution in [3.63, 3.8) is 0 Å². The summed E-state index contributed by atoms with van der Waals surface area (Å²) in [6.45, 7) is 3.66. The Labute approximate surface area is 185 Å². The van der Waals surface area contributed by atoms with E-state index >= 15 is 0 Å². The van der Waals surface area contributed by atoms with Crippen LogP contribution in [0.1, 0.15) is 12.0 Å². The smallest absolute Gasteiger partial charge is 0.323 e. The molecule has 32 heavy (non-hydrogen) atoms. The van der Waals surface area contributed by atoms with Gasteiger partial charge in [-0.3, -0.25) is 4.68 Å². The summed E-state index contributed by atoms with van der Waals surface area (Å²) < 4.78 is 13.0. The first-order valence-corrected chi connectivity index (χ1v) is 10.7. The van der Waals surface area contributed by atoms with E-state index in [1.807, 2.05) is 24.3 Å². The number of amides is 2. The first kappa shape index (κ1) is 20.3. The summed E-state index contributed by atoms with van der Waals surface area (Å²) in [6, 6.07) is 7.12. The number of morpholine rings is 1. The maximum absolute atomic E-state index is 12.2. The molecule has 10 nitrogen and oxygen atoms in total. The third-order valence-electron chi connectivity index (χ3n) is 5.43. The number of urea groups is 1. The van der Waals surface area contributed by atoms with Crippen molar-refractivity contribution in [1.82, 2.24) is 19.7 Å². The molecule has 0 aliphatic carbocycles. The lowest BCUT2D eigenvalue weighted by atomic mass is 10.1. The quantitative estimate of drug-likeness (QED) is 0.649. The molecule has 1 saturated heterocycles. The highest BCUT2D eigenvalue weighted by Crippen LogP contribution is 2.33. The number of rotatable bonds is 4. The summed E-state index contributed by atoms with van der Waals surface area (Å²) in [4.78, 5) is 24.0. The fourth-order valence-electron chi connectivity index (χ4n) is 3.86. The summed E-state index contributed by atoms with van der Waals surface area (Å²) >= 11 is 0. The van der Waals surface area contributed by atoms with Gasteiger partial charge < -0.3 is 25.0 Å². The lowest BCUT2D eigenvalue weighted by molar-refractivity contribution is 0.122. The minimum atomic E-state index is -0.334. The average molecular weight is 435 g/mol. The predicted molar refractivity (Wildman–Crippen MR) is 120 cm³/mol. The number of carbonyl (C=O) groups is 1. The Kier molecular flexibility index (Phi) is 5.59. The molecule has 2 N–H and O–H groups in total. The van der Waals surface area contributed by atoms with Gasteiger partial charge in [0.15, 0.2) is 5.82 Å². The summed E-state index contributed by atoms with van der Waals surface area (Å²) in [5.41, 5.74) is 3.22. The summed E-state index contributed by atoms with van der Waals surface area (Å²) in [6.07, 6.45) is 5.19. The molecule has 0 atom stereocenters. The van der Waals surface area contributed by atoms with E-state index in [4.69, 9.17) is 14.5 Å². The zero-order valence-electron chi connectivity index (χ0n) is 17.9. The molecule has 0 unspecified atom stereocenters. The molecule has 0 spiro atoms. The number of hydrogen-bond donors (Lipinski definition) is 2. The molecule has 0 saturated carbocycles. The zero-order valence-corrected chi connectivity index (χ0v) is 17.9. The van der Waals surface area contributed by atoms with E-state index < -0.39 is 0 Å². The maximum atomic E-state index is 12.2. The zero-order chi connectivity index (χ0) is 21.9. The van der Waals surface area contributed by atoms with Gasteiger partial charge in [0.1, 0.15) is 5.82 Å². The van der Waals surface area contributed by atoms with Crippen molar-refractivity contribution in [3.05, 3.63) is 42.2 Å². The van der Waals surface area contributed by atoms with Gasteiger partial charge in [-0.25, -0.2) is 9.78 Å². The second-order valence-corrected chi connectivity index (χ2v) is 7.77. The van der Waals surface area contributed by atoms with Crippen molar-refractivity contribution < 1.29 is 14.3 Å². The van der Waals surface area contributed by atoms with Crippen LogP contribution in [0, 0.1) is 0 Å². The second kappa shape index (κ2) is 8.83. The summed E-state index contributed by atoms with van der Waals surface area (Å²) in [7, 11) is 1.79. The van der Waals surface area contributed by atoms with Gasteiger partial charge in [0, 0.05) is 37.6 Å². The van der Waals surface area contributed by atoms with E-state index in [1.54, 1.807) is 24.1 Å². The molecule has 0 radical (unpaired) electrons. The number of anilines is 3. The van der Waals surface area contributed by atoms with Gasteiger partial charge in [0.2, 0.25) is 5.88 Å². The topological polar surface area (TPSA) is 106 Å². The molecule has 10 heteroatoms. The van der Waals surface area contributed by atoms with E-state index in [2.05, 4.69) is 25.6 Å². The molecule has 5 rings (SSSR count). The molecular formula is C22H25N7O3. The van der Waals surface area contributed by atoms with Gasteiger partial charge in [-0.15, -0.1) is 0 Å². The summed E-state index contributed by atoms with van der Waals surface area (Å²) in [5.74, 6) is 2.21. The first-order chi connectivity index (χ1) is 15.7. The van der Waals surface area contributed by atoms with Crippen LogP contribution in [-0.4, -0.2) is 58.7 Å². The Bertz CT molecular complexity index is 1110. The van der Waals surface area contributed by atoms with Crippen LogP contribution < -0.4 is 20.3 Å². The minimum absolute atomic E-state index is 0.334. The number of benzene rings is 1. The van der Waals surface area contributed by atoms with Crippen LogP contribution in [0.3, 0.4) is 0 Å². The van der Waals surface area contributed by atoms with E-state index in [0.29, 0.717) is 42.9 Å². The Morgan fingerprint density at radius 1 is 1.03 bits per heavy atom. The second-order valence-electron chi connectivity index (χ2n) is 7.77. The standard InChI is InChI=1S/C22H25N7O3/c1-28-14-17(13-23-28)25-22(30)24-16-6-4-15(5-7-16)19-26-20(29-8-11-31-12-9-29)18-3-2-10-32-21(18)27-19/h4-7,13-14H,2-3,8-12H2,1H3,(H2,24,25,30). The van der Waals surface area contributed by atoms with Gasteiger partial charge in [-0.05, 0) is 37.1 Å². The van der Waals surface area contributed by atoms with Crippen molar-refractivity contribution in [2.75, 3.05) is 48.4 Å². The van der Waals surface area contributed by atoms with Crippen LogP contribution in [0.15, 0.2) is 36.7 Å². The van der Waals surface area contributed by atoms with Crippen LogP contribution in [0.4, 0.5) is 22.0 Å². The number of aromatic nitrogens is 4. The largest absolute Gasteiger partial charge is 0.477 e. The number of fused-ring (bicyclic) bond motifs is 1. The first-order valence-electron chi connectivity index (χ1n) is 10.7. The minimum Gasteiger partial charge on any atom is -0.477 e. The highest BCUT2D eigenvalue weighted by molar-refractivity contribution is 5.99. The lowest BCUT2D eigenvalue weighted by Gasteiger charge is -2.31. The lowest BCUT2D eigenvalue weighted by Crippen LogP contribution is -2.38. The van der Waals surface area contributed by atoms with Crippen molar-refractivity contribution in [3.8, 4) is 17.3 Å². The highest BCUT2D eigenvalue weighted by Gasteiger charge is 2.24. The van der Waals surface area contributed by atoms with E-state index in [1.165, 1.54) is 0 Å². The molecule has 1 aromatic carbocycles. The van der Waals surface area contributed by atoms with Gasteiger partial charge in [0.05, 0.1) is 37.3 Å². The van der Waals surface area contributed by atoms with Crippen LogP contribution in [0.25, 0.3) is 11.4 Å². The third-order valence-corrected chi connectivity index (χ3v) is 5.43. The number of nitrogens with zero attached hydrogens (tertiary/aromatic N) is 5.